The number of rotatable bonds is 2. The predicted octanol–water partition coefficient (Wildman–Crippen LogP) is 1.42. The normalized spacial score (nSPS) is 20.1. The second kappa shape index (κ2) is 4.31. The number of carbonyl (C=O) groups is 2. The molecule has 0 radical (unpaired) electrons. The first-order valence-corrected chi connectivity index (χ1v) is 6.00. The van der Waals surface area contributed by atoms with Crippen LogP contribution in [0, 0.1) is 0 Å². The van der Waals surface area contributed by atoms with Crippen LogP contribution < -0.4 is 0 Å². The lowest BCUT2D eigenvalue weighted by atomic mass is 10.2. The van der Waals surface area contributed by atoms with Gasteiger partial charge in [-0.05, 0) is 17.9 Å². The highest BCUT2D eigenvalue weighted by molar-refractivity contribution is 7.80. The third kappa shape index (κ3) is 1.85. The summed E-state index contributed by atoms with van der Waals surface area (Å²) < 4.78 is 0. The minimum absolute atomic E-state index is 0.248. The molecule has 1 aromatic rings. The van der Waals surface area contributed by atoms with Gasteiger partial charge < -0.3 is 10.0 Å². The summed E-state index contributed by atoms with van der Waals surface area (Å²) in [5.41, 5.74) is 0. The molecular formula is C10H9NO3S2. The highest BCUT2D eigenvalue weighted by Crippen LogP contribution is 2.21. The Kier molecular flexibility index (Phi) is 3.02. The average Bonchev–Trinajstić information content (AvgIpc) is 2.84. The molecule has 4 nitrogen and oxygen atoms in total. The van der Waals surface area contributed by atoms with Gasteiger partial charge in [0, 0.05) is 11.4 Å². The van der Waals surface area contributed by atoms with E-state index in [2.05, 4.69) is 0 Å². The Balaban J connectivity index is 2.24. The van der Waals surface area contributed by atoms with Gasteiger partial charge in [0.05, 0.1) is 4.88 Å². The van der Waals surface area contributed by atoms with Crippen molar-refractivity contribution in [3.63, 3.8) is 0 Å². The largest absolute Gasteiger partial charge is 0.479 e. The summed E-state index contributed by atoms with van der Waals surface area (Å²) in [5, 5.41) is 10.8. The molecule has 0 aromatic carbocycles. The van der Waals surface area contributed by atoms with Crippen LogP contribution in [-0.2, 0) is 4.79 Å². The molecule has 0 unspecified atom stereocenters. The van der Waals surface area contributed by atoms with Crippen LogP contribution >= 0.6 is 23.6 Å². The monoisotopic (exact) mass is 255 g/mol. The van der Waals surface area contributed by atoms with E-state index < -0.39 is 12.0 Å². The summed E-state index contributed by atoms with van der Waals surface area (Å²) in [7, 11) is 0. The smallest absolute Gasteiger partial charge is 0.331 e. The van der Waals surface area contributed by atoms with Gasteiger partial charge in [0.2, 0.25) is 0 Å². The Bertz CT molecular complexity index is 441. The first-order chi connectivity index (χ1) is 7.61. The van der Waals surface area contributed by atoms with Crippen molar-refractivity contribution in [2.24, 2.45) is 0 Å². The number of amides is 1. The number of thiophene rings is 1. The van der Waals surface area contributed by atoms with Crippen LogP contribution in [0.25, 0.3) is 0 Å². The predicted molar refractivity (Wildman–Crippen MR) is 64.0 cm³/mol. The van der Waals surface area contributed by atoms with Crippen molar-refractivity contribution in [1.29, 1.82) is 0 Å². The number of likely N-dealkylation sites (tertiary alicyclic amines) is 1. The zero-order valence-electron chi connectivity index (χ0n) is 8.25. The number of carboxylic acids is 1. The van der Waals surface area contributed by atoms with Crippen molar-refractivity contribution < 1.29 is 14.7 Å². The molecule has 1 saturated heterocycles. The number of thiocarbonyl (C=S) groups is 1. The molecule has 6 heteroatoms. The molecule has 2 heterocycles. The van der Waals surface area contributed by atoms with Crippen molar-refractivity contribution in [2.75, 3.05) is 6.54 Å². The molecule has 1 amide bonds. The molecule has 1 aromatic heterocycles. The van der Waals surface area contributed by atoms with Gasteiger partial charge in [-0.2, -0.15) is 0 Å². The molecule has 2 rings (SSSR count). The van der Waals surface area contributed by atoms with E-state index in [0.717, 1.165) is 0 Å². The highest BCUT2D eigenvalue weighted by Gasteiger charge is 2.38. The maximum absolute atomic E-state index is 12.0. The number of aliphatic carboxylic acids is 1. The van der Waals surface area contributed by atoms with E-state index in [1.165, 1.54) is 16.2 Å². The summed E-state index contributed by atoms with van der Waals surface area (Å²) in [6, 6.07) is 2.51. The Morgan fingerprint density at radius 1 is 1.56 bits per heavy atom. The van der Waals surface area contributed by atoms with Gasteiger partial charge in [-0.1, -0.05) is 18.3 Å². The summed E-state index contributed by atoms with van der Waals surface area (Å²) in [6.45, 7) is 0.395. The first kappa shape index (κ1) is 11.2. The Labute approximate surface area is 101 Å². The lowest BCUT2D eigenvalue weighted by Gasteiger charge is -2.20. The van der Waals surface area contributed by atoms with E-state index >= 15 is 0 Å². The van der Waals surface area contributed by atoms with Crippen molar-refractivity contribution in [3.8, 4) is 0 Å². The maximum Gasteiger partial charge on any atom is 0.331 e. The van der Waals surface area contributed by atoms with Gasteiger partial charge in [0.1, 0.15) is 0 Å². The summed E-state index contributed by atoms with van der Waals surface area (Å²) in [4.78, 5) is 25.3. The second-order valence-electron chi connectivity index (χ2n) is 3.43. The quantitative estimate of drug-likeness (QED) is 0.812. The zero-order chi connectivity index (χ0) is 11.7. The summed E-state index contributed by atoms with van der Waals surface area (Å²) >= 11 is 6.28. The van der Waals surface area contributed by atoms with Crippen LogP contribution in [0.5, 0.6) is 0 Å². The maximum atomic E-state index is 12.0. The van der Waals surface area contributed by atoms with Gasteiger partial charge in [-0.3, -0.25) is 4.79 Å². The molecular weight excluding hydrogens is 246 g/mol. The van der Waals surface area contributed by atoms with Crippen LogP contribution in [0.2, 0.25) is 0 Å². The zero-order valence-corrected chi connectivity index (χ0v) is 9.88. The Morgan fingerprint density at radius 3 is 2.88 bits per heavy atom. The van der Waals surface area contributed by atoms with Crippen LogP contribution in [0.4, 0.5) is 0 Å². The van der Waals surface area contributed by atoms with Crippen molar-refractivity contribution >= 4 is 40.3 Å². The van der Waals surface area contributed by atoms with E-state index in [-0.39, 0.29) is 5.91 Å². The van der Waals surface area contributed by atoms with Crippen molar-refractivity contribution in [2.45, 2.75) is 12.5 Å². The van der Waals surface area contributed by atoms with Crippen LogP contribution in [0.15, 0.2) is 17.5 Å². The number of hydrogen-bond acceptors (Lipinski definition) is 4. The van der Waals surface area contributed by atoms with E-state index in [1.54, 1.807) is 17.5 Å². The molecule has 0 aliphatic carbocycles. The molecule has 1 atom stereocenters. The second-order valence-corrected chi connectivity index (χ2v) is 4.91. The SMILES string of the molecule is O=C(O)[C@@H]1C(=S)CCN1C(=O)c1cccs1. The molecule has 0 bridgehead atoms. The van der Waals surface area contributed by atoms with E-state index in [4.69, 9.17) is 17.3 Å². The lowest BCUT2D eigenvalue weighted by Crippen LogP contribution is -2.42. The molecule has 1 N–H and O–H groups in total. The lowest BCUT2D eigenvalue weighted by molar-refractivity contribution is -0.139. The fraction of sp³-hybridized carbons (Fsp3) is 0.300. The molecule has 1 aliphatic rings. The molecule has 1 fully saturated rings. The standard InChI is InChI=1S/C10H9NO3S2/c12-9(7-2-1-5-16-7)11-4-3-6(15)8(11)10(13)14/h1-2,5,8H,3-4H2,(H,13,14)/t8-/m0/s1. The van der Waals surface area contributed by atoms with E-state index in [1.807, 2.05) is 0 Å². The minimum Gasteiger partial charge on any atom is -0.479 e. The number of nitrogens with zero attached hydrogens (tertiary/aromatic N) is 1. The Morgan fingerprint density at radius 2 is 2.31 bits per heavy atom. The topological polar surface area (TPSA) is 57.6 Å². The van der Waals surface area contributed by atoms with Crippen molar-refractivity contribution in [1.82, 2.24) is 4.90 Å². The van der Waals surface area contributed by atoms with Gasteiger partial charge >= 0.3 is 5.97 Å². The van der Waals surface area contributed by atoms with Crippen LogP contribution in [-0.4, -0.2) is 39.3 Å². The highest BCUT2D eigenvalue weighted by atomic mass is 32.1. The van der Waals surface area contributed by atoms with Crippen LogP contribution in [0.3, 0.4) is 0 Å². The van der Waals surface area contributed by atoms with Gasteiger partial charge in [-0.15, -0.1) is 11.3 Å². The fourth-order valence-corrected chi connectivity index (χ4v) is 2.70. The molecule has 16 heavy (non-hydrogen) atoms. The summed E-state index contributed by atoms with van der Waals surface area (Å²) in [6.07, 6.45) is 0.489. The Hall–Kier alpha value is -1.27. The fourth-order valence-electron chi connectivity index (χ4n) is 1.70. The third-order valence-electron chi connectivity index (χ3n) is 2.44. The average molecular weight is 255 g/mol. The minimum atomic E-state index is -1.05. The number of hydrogen-bond donors (Lipinski definition) is 1. The molecule has 84 valence electrons. The van der Waals surface area contributed by atoms with Crippen LogP contribution in [0.1, 0.15) is 16.1 Å². The van der Waals surface area contributed by atoms with Gasteiger partial charge in [-0.25, -0.2) is 4.79 Å². The molecule has 0 saturated carbocycles. The van der Waals surface area contributed by atoms with E-state index in [0.29, 0.717) is 22.7 Å². The molecule has 0 spiro atoms. The van der Waals surface area contributed by atoms with Crippen molar-refractivity contribution in [3.05, 3.63) is 22.4 Å². The third-order valence-corrected chi connectivity index (χ3v) is 3.73. The van der Waals surface area contributed by atoms with Gasteiger partial charge in [0.25, 0.3) is 5.91 Å². The van der Waals surface area contributed by atoms with Gasteiger partial charge in [0.15, 0.2) is 6.04 Å². The van der Waals surface area contributed by atoms with E-state index in [9.17, 15) is 9.59 Å². The molecule has 1 aliphatic heterocycles. The summed E-state index contributed by atoms with van der Waals surface area (Å²) in [5.74, 6) is -1.30. The first-order valence-electron chi connectivity index (χ1n) is 4.71. The number of carboxylic acid groups (broad SMARTS) is 1. The number of carbonyl (C=O) groups excluding carboxylic acids is 1.